The van der Waals surface area contributed by atoms with Gasteiger partial charge in [0.1, 0.15) is 5.75 Å². The molecule has 0 spiro atoms. The third-order valence-corrected chi connectivity index (χ3v) is 4.27. The maximum absolute atomic E-state index is 6.22. The molecule has 0 aromatic heterocycles. The lowest BCUT2D eigenvalue weighted by Crippen LogP contribution is -2.09. The maximum atomic E-state index is 6.22. The molecule has 0 aliphatic rings. The third kappa shape index (κ3) is 5.11. The first-order valence-corrected chi connectivity index (χ1v) is 8.38. The van der Waals surface area contributed by atoms with E-state index in [-0.39, 0.29) is 0 Å². The van der Waals surface area contributed by atoms with Gasteiger partial charge in [-0.25, -0.2) is 0 Å². The zero-order chi connectivity index (χ0) is 15.1. The van der Waals surface area contributed by atoms with Gasteiger partial charge >= 0.3 is 0 Å². The van der Waals surface area contributed by atoms with Crippen molar-refractivity contribution in [2.45, 2.75) is 11.4 Å². The first kappa shape index (κ1) is 16.5. The molecule has 112 valence electrons. The Morgan fingerprint density at radius 2 is 1.90 bits per heavy atom. The van der Waals surface area contributed by atoms with Crippen LogP contribution < -0.4 is 10.1 Å². The third-order valence-electron chi connectivity index (χ3n) is 2.79. The van der Waals surface area contributed by atoms with Crippen LogP contribution in [0.25, 0.3) is 0 Å². The summed E-state index contributed by atoms with van der Waals surface area (Å²) in [4.78, 5) is 1.23. The van der Waals surface area contributed by atoms with Gasteiger partial charge in [0.15, 0.2) is 0 Å². The number of halogens is 2. The highest BCUT2D eigenvalue weighted by atomic mass is 35.5. The smallest absolute Gasteiger partial charge is 0.142 e. The molecule has 0 unspecified atom stereocenters. The Morgan fingerprint density at radius 3 is 2.62 bits per heavy atom. The number of ether oxygens (including phenoxy) is 1. The van der Waals surface area contributed by atoms with Gasteiger partial charge in [0.2, 0.25) is 0 Å². The number of benzene rings is 2. The molecule has 2 nitrogen and oxygen atoms in total. The summed E-state index contributed by atoms with van der Waals surface area (Å²) < 4.78 is 5.85. The molecule has 2 aromatic rings. The monoisotopic (exact) mass is 341 g/mol. The Bertz CT molecular complexity index is 578. The van der Waals surface area contributed by atoms with Crippen molar-refractivity contribution in [3.05, 3.63) is 58.1 Å². The first-order chi connectivity index (χ1) is 10.2. The first-order valence-electron chi connectivity index (χ1n) is 6.64. The molecule has 0 saturated heterocycles. The minimum absolute atomic E-state index is 0.553. The Balaban J connectivity index is 1.93. The van der Waals surface area contributed by atoms with Crippen LogP contribution in [0.15, 0.2) is 47.4 Å². The van der Waals surface area contributed by atoms with Crippen LogP contribution in [0.3, 0.4) is 0 Å². The van der Waals surface area contributed by atoms with E-state index in [0.717, 1.165) is 11.3 Å². The average Bonchev–Trinajstić information content (AvgIpc) is 2.47. The lowest BCUT2D eigenvalue weighted by Gasteiger charge is -2.13. The van der Waals surface area contributed by atoms with Gasteiger partial charge in [-0.1, -0.05) is 41.4 Å². The number of rotatable bonds is 7. The SMILES string of the molecule is CNCc1cc(Cl)cc(Cl)c1OCCSc1ccccc1. The Kier molecular flexibility index (Phi) is 6.71. The van der Waals surface area contributed by atoms with Crippen molar-refractivity contribution in [3.63, 3.8) is 0 Å². The summed E-state index contributed by atoms with van der Waals surface area (Å²) in [5, 5.41) is 4.27. The second-order valence-corrected chi connectivity index (χ2v) is 6.43. The molecule has 5 heteroatoms. The predicted octanol–water partition coefficient (Wildman–Crippen LogP) is 4.88. The van der Waals surface area contributed by atoms with Crippen molar-refractivity contribution >= 4 is 35.0 Å². The van der Waals surface area contributed by atoms with E-state index in [9.17, 15) is 0 Å². The van der Waals surface area contributed by atoms with Crippen molar-refractivity contribution in [1.82, 2.24) is 5.32 Å². The fourth-order valence-corrected chi connectivity index (χ4v) is 3.26. The molecular formula is C16H17Cl2NOS. The van der Waals surface area contributed by atoms with Gasteiger partial charge in [0.25, 0.3) is 0 Å². The summed E-state index contributed by atoms with van der Waals surface area (Å²) in [6, 6.07) is 13.8. The lowest BCUT2D eigenvalue weighted by atomic mass is 10.2. The zero-order valence-corrected chi connectivity index (χ0v) is 14.1. The van der Waals surface area contributed by atoms with Crippen LogP contribution in [0.1, 0.15) is 5.56 Å². The fraction of sp³-hybridized carbons (Fsp3) is 0.250. The van der Waals surface area contributed by atoms with Crippen LogP contribution in [0.4, 0.5) is 0 Å². The molecule has 0 bridgehead atoms. The average molecular weight is 342 g/mol. The molecule has 0 aliphatic heterocycles. The van der Waals surface area contributed by atoms with Crippen LogP contribution in [0.5, 0.6) is 5.75 Å². The zero-order valence-electron chi connectivity index (χ0n) is 11.7. The van der Waals surface area contributed by atoms with E-state index in [2.05, 4.69) is 17.4 Å². The molecule has 0 atom stereocenters. The van der Waals surface area contributed by atoms with Gasteiger partial charge in [-0.3, -0.25) is 0 Å². The van der Waals surface area contributed by atoms with E-state index in [4.69, 9.17) is 27.9 Å². The van der Waals surface area contributed by atoms with Crippen molar-refractivity contribution in [3.8, 4) is 5.75 Å². The minimum atomic E-state index is 0.553. The lowest BCUT2D eigenvalue weighted by molar-refractivity contribution is 0.339. The van der Waals surface area contributed by atoms with Gasteiger partial charge in [0.05, 0.1) is 11.6 Å². The number of thioether (sulfide) groups is 1. The summed E-state index contributed by atoms with van der Waals surface area (Å²) in [7, 11) is 1.88. The Hall–Kier alpha value is -0.870. The van der Waals surface area contributed by atoms with E-state index < -0.39 is 0 Å². The van der Waals surface area contributed by atoms with Crippen molar-refractivity contribution in [2.75, 3.05) is 19.4 Å². The topological polar surface area (TPSA) is 21.3 Å². The summed E-state index contributed by atoms with van der Waals surface area (Å²) in [5.41, 5.74) is 0.972. The predicted molar refractivity (Wildman–Crippen MR) is 91.9 cm³/mol. The molecular weight excluding hydrogens is 325 g/mol. The van der Waals surface area contributed by atoms with E-state index in [0.29, 0.717) is 28.9 Å². The van der Waals surface area contributed by atoms with Crippen molar-refractivity contribution in [1.29, 1.82) is 0 Å². The Labute approximate surface area is 139 Å². The molecule has 0 amide bonds. The van der Waals surface area contributed by atoms with Crippen molar-refractivity contribution in [2.24, 2.45) is 0 Å². The molecule has 0 aliphatic carbocycles. The van der Waals surface area contributed by atoms with Gasteiger partial charge < -0.3 is 10.1 Å². The highest BCUT2D eigenvalue weighted by Gasteiger charge is 2.10. The van der Waals surface area contributed by atoms with E-state index in [1.54, 1.807) is 17.8 Å². The van der Waals surface area contributed by atoms with Gasteiger partial charge in [-0.05, 0) is 31.3 Å². The molecule has 1 N–H and O–H groups in total. The summed E-state index contributed by atoms with van der Waals surface area (Å²) in [6.07, 6.45) is 0. The van der Waals surface area contributed by atoms with Crippen molar-refractivity contribution < 1.29 is 4.74 Å². The standard InChI is InChI=1S/C16H17Cl2NOS/c1-19-11-12-9-13(17)10-15(18)16(12)20-7-8-21-14-5-3-2-4-6-14/h2-6,9-10,19H,7-8,11H2,1H3. The summed E-state index contributed by atoms with van der Waals surface area (Å²) in [5.74, 6) is 1.58. The molecule has 0 saturated carbocycles. The van der Waals surface area contributed by atoms with Gasteiger partial charge in [0, 0.05) is 27.8 Å². The number of hydrogen-bond acceptors (Lipinski definition) is 3. The summed E-state index contributed by atoms with van der Waals surface area (Å²) in [6.45, 7) is 1.26. The quantitative estimate of drug-likeness (QED) is 0.572. The van der Waals surface area contributed by atoms with Crippen LogP contribution in [-0.4, -0.2) is 19.4 Å². The molecule has 0 heterocycles. The largest absolute Gasteiger partial charge is 0.491 e. The molecule has 0 fully saturated rings. The van der Waals surface area contributed by atoms with Gasteiger partial charge in [-0.15, -0.1) is 11.8 Å². The van der Waals surface area contributed by atoms with E-state index in [1.807, 2.05) is 31.3 Å². The van der Waals surface area contributed by atoms with Gasteiger partial charge in [-0.2, -0.15) is 0 Å². The highest BCUT2D eigenvalue weighted by Crippen LogP contribution is 2.32. The fourth-order valence-electron chi connectivity index (χ4n) is 1.92. The van der Waals surface area contributed by atoms with E-state index >= 15 is 0 Å². The van der Waals surface area contributed by atoms with Crippen LogP contribution in [0, 0.1) is 0 Å². The van der Waals surface area contributed by atoms with Crippen LogP contribution in [0.2, 0.25) is 10.0 Å². The minimum Gasteiger partial charge on any atom is -0.491 e. The van der Waals surface area contributed by atoms with E-state index in [1.165, 1.54) is 4.90 Å². The molecule has 21 heavy (non-hydrogen) atoms. The highest BCUT2D eigenvalue weighted by molar-refractivity contribution is 7.99. The number of hydrogen-bond donors (Lipinski definition) is 1. The molecule has 2 rings (SSSR count). The molecule has 2 aromatic carbocycles. The second kappa shape index (κ2) is 8.54. The van der Waals surface area contributed by atoms with Crippen LogP contribution in [-0.2, 0) is 6.54 Å². The summed E-state index contributed by atoms with van der Waals surface area (Å²) >= 11 is 14.0. The van der Waals surface area contributed by atoms with Crippen LogP contribution >= 0.6 is 35.0 Å². The second-order valence-electron chi connectivity index (χ2n) is 4.42. The Morgan fingerprint density at radius 1 is 1.14 bits per heavy atom. The maximum Gasteiger partial charge on any atom is 0.142 e. The normalized spacial score (nSPS) is 10.6. The molecule has 0 radical (unpaired) electrons. The number of nitrogens with one attached hydrogen (secondary N) is 1.